The number of aromatic nitrogens is 4. The molecule has 1 fully saturated rings. The second-order valence-electron chi connectivity index (χ2n) is 3.54. The number of nitrogens with zero attached hydrogens (tertiary/aromatic N) is 4. The maximum Gasteiger partial charge on any atom is 0.164 e. The fourth-order valence-electron chi connectivity index (χ4n) is 1.68. The van der Waals surface area contributed by atoms with Gasteiger partial charge in [0, 0.05) is 6.54 Å². The molecule has 1 aliphatic heterocycles. The van der Waals surface area contributed by atoms with E-state index in [0.29, 0.717) is 6.54 Å². The van der Waals surface area contributed by atoms with Crippen LogP contribution < -0.4 is 5.73 Å². The van der Waals surface area contributed by atoms with Gasteiger partial charge in [0.1, 0.15) is 0 Å². The minimum absolute atomic E-state index is 0.425. The first-order valence-corrected chi connectivity index (χ1v) is 6.08. The molecular weight excluding hydrogens is 198 g/mol. The van der Waals surface area contributed by atoms with Crippen molar-refractivity contribution in [2.45, 2.75) is 25.9 Å². The van der Waals surface area contributed by atoms with Gasteiger partial charge in [-0.15, -0.1) is 5.10 Å². The summed E-state index contributed by atoms with van der Waals surface area (Å²) >= 11 is 2.04. The molecule has 1 aromatic rings. The first kappa shape index (κ1) is 9.92. The monoisotopic (exact) mass is 213 g/mol. The molecule has 6 heteroatoms. The molecule has 0 amide bonds. The molecule has 2 heterocycles. The van der Waals surface area contributed by atoms with E-state index < -0.39 is 0 Å². The van der Waals surface area contributed by atoms with Crippen molar-refractivity contribution < 1.29 is 0 Å². The van der Waals surface area contributed by atoms with Crippen molar-refractivity contribution in [2.75, 3.05) is 11.5 Å². The van der Waals surface area contributed by atoms with Gasteiger partial charge in [-0.1, -0.05) is 0 Å². The third-order valence-corrected chi connectivity index (χ3v) is 3.61. The lowest BCUT2D eigenvalue weighted by Crippen LogP contribution is -2.19. The maximum atomic E-state index is 5.53. The van der Waals surface area contributed by atoms with Crippen molar-refractivity contribution >= 4 is 11.8 Å². The Kier molecular flexibility index (Phi) is 3.36. The molecule has 0 unspecified atom stereocenters. The van der Waals surface area contributed by atoms with E-state index in [2.05, 4.69) is 15.5 Å². The van der Waals surface area contributed by atoms with Crippen molar-refractivity contribution in [1.82, 2.24) is 20.2 Å². The van der Waals surface area contributed by atoms with Gasteiger partial charge in [0.05, 0.1) is 6.54 Å². The first-order chi connectivity index (χ1) is 6.90. The zero-order chi connectivity index (χ0) is 9.80. The van der Waals surface area contributed by atoms with Gasteiger partial charge in [0.25, 0.3) is 0 Å². The van der Waals surface area contributed by atoms with E-state index in [9.17, 15) is 0 Å². The SMILES string of the molecule is NCc1nnnn1CC1CCSCC1. The van der Waals surface area contributed by atoms with Gasteiger partial charge >= 0.3 is 0 Å². The quantitative estimate of drug-likeness (QED) is 0.780. The molecule has 2 N–H and O–H groups in total. The summed E-state index contributed by atoms with van der Waals surface area (Å²) in [5, 5.41) is 11.5. The summed E-state index contributed by atoms with van der Waals surface area (Å²) < 4.78 is 1.85. The number of nitrogens with two attached hydrogens (primary N) is 1. The normalized spacial score (nSPS) is 18.6. The summed E-state index contributed by atoms with van der Waals surface area (Å²) in [6.45, 7) is 1.36. The Bertz CT molecular complexity index is 281. The van der Waals surface area contributed by atoms with Crippen LogP contribution >= 0.6 is 11.8 Å². The molecule has 5 nitrogen and oxygen atoms in total. The van der Waals surface area contributed by atoms with Crippen LogP contribution in [0.1, 0.15) is 18.7 Å². The molecule has 0 aliphatic carbocycles. The molecule has 0 saturated carbocycles. The van der Waals surface area contributed by atoms with E-state index in [0.717, 1.165) is 18.3 Å². The Labute approximate surface area is 87.4 Å². The zero-order valence-corrected chi connectivity index (χ0v) is 8.91. The van der Waals surface area contributed by atoms with Crippen LogP contribution in [0.5, 0.6) is 0 Å². The summed E-state index contributed by atoms with van der Waals surface area (Å²) in [6, 6.07) is 0. The Balaban J connectivity index is 1.95. The van der Waals surface area contributed by atoms with Crippen molar-refractivity contribution in [3.05, 3.63) is 5.82 Å². The van der Waals surface area contributed by atoms with Gasteiger partial charge in [-0.2, -0.15) is 11.8 Å². The van der Waals surface area contributed by atoms with Crippen LogP contribution in [-0.2, 0) is 13.1 Å². The average molecular weight is 213 g/mol. The summed E-state index contributed by atoms with van der Waals surface area (Å²) in [6.07, 6.45) is 2.54. The highest BCUT2D eigenvalue weighted by molar-refractivity contribution is 7.99. The van der Waals surface area contributed by atoms with Crippen LogP contribution in [0, 0.1) is 5.92 Å². The van der Waals surface area contributed by atoms with E-state index in [4.69, 9.17) is 5.73 Å². The van der Waals surface area contributed by atoms with Crippen molar-refractivity contribution in [2.24, 2.45) is 11.7 Å². The molecule has 0 spiro atoms. The van der Waals surface area contributed by atoms with Gasteiger partial charge in [-0.05, 0) is 40.7 Å². The lowest BCUT2D eigenvalue weighted by atomic mass is 10.0. The second-order valence-corrected chi connectivity index (χ2v) is 4.76. The van der Waals surface area contributed by atoms with Gasteiger partial charge in [-0.3, -0.25) is 0 Å². The van der Waals surface area contributed by atoms with Crippen LogP contribution in [0.4, 0.5) is 0 Å². The topological polar surface area (TPSA) is 69.6 Å². The fraction of sp³-hybridized carbons (Fsp3) is 0.875. The number of thioether (sulfide) groups is 1. The molecule has 0 aromatic carbocycles. The van der Waals surface area contributed by atoms with Crippen LogP contribution in [0.3, 0.4) is 0 Å². The van der Waals surface area contributed by atoms with Crippen LogP contribution in [0.2, 0.25) is 0 Å². The van der Waals surface area contributed by atoms with Crippen LogP contribution in [-0.4, -0.2) is 31.7 Å². The molecule has 1 saturated heterocycles. The van der Waals surface area contributed by atoms with Crippen molar-refractivity contribution in [1.29, 1.82) is 0 Å². The highest BCUT2D eigenvalue weighted by Gasteiger charge is 2.16. The predicted molar refractivity (Wildman–Crippen MR) is 55.8 cm³/mol. The third-order valence-electron chi connectivity index (χ3n) is 2.56. The Hall–Kier alpha value is -0.620. The Morgan fingerprint density at radius 1 is 1.43 bits per heavy atom. The molecule has 0 atom stereocenters. The summed E-state index contributed by atoms with van der Waals surface area (Å²) in [7, 11) is 0. The molecule has 0 bridgehead atoms. The molecule has 1 aromatic heterocycles. The largest absolute Gasteiger partial charge is 0.324 e. The second kappa shape index (κ2) is 4.75. The van der Waals surface area contributed by atoms with Crippen LogP contribution in [0.15, 0.2) is 0 Å². The molecule has 1 aliphatic rings. The number of hydrogen-bond donors (Lipinski definition) is 1. The number of hydrogen-bond acceptors (Lipinski definition) is 5. The predicted octanol–water partition coefficient (Wildman–Crippen LogP) is 0.275. The van der Waals surface area contributed by atoms with E-state index in [-0.39, 0.29) is 0 Å². The van der Waals surface area contributed by atoms with Gasteiger partial charge in [-0.25, -0.2) is 4.68 Å². The summed E-state index contributed by atoms with van der Waals surface area (Å²) in [5.74, 6) is 4.06. The van der Waals surface area contributed by atoms with E-state index >= 15 is 0 Å². The molecule has 2 rings (SSSR count). The van der Waals surface area contributed by atoms with E-state index in [1.807, 2.05) is 16.4 Å². The van der Waals surface area contributed by atoms with Gasteiger partial charge < -0.3 is 5.73 Å². The Morgan fingerprint density at radius 2 is 2.21 bits per heavy atom. The lowest BCUT2D eigenvalue weighted by molar-refractivity contribution is 0.381. The Morgan fingerprint density at radius 3 is 2.93 bits per heavy atom. The van der Waals surface area contributed by atoms with Crippen LogP contribution in [0.25, 0.3) is 0 Å². The van der Waals surface area contributed by atoms with E-state index in [1.54, 1.807) is 0 Å². The minimum Gasteiger partial charge on any atom is -0.324 e. The summed E-state index contributed by atoms with van der Waals surface area (Å²) in [5.41, 5.74) is 5.53. The van der Waals surface area contributed by atoms with Gasteiger partial charge in [0.15, 0.2) is 5.82 Å². The number of rotatable bonds is 3. The first-order valence-electron chi connectivity index (χ1n) is 4.93. The smallest absolute Gasteiger partial charge is 0.164 e. The molecule has 0 radical (unpaired) electrons. The highest BCUT2D eigenvalue weighted by Crippen LogP contribution is 2.23. The third kappa shape index (κ3) is 2.24. The zero-order valence-electron chi connectivity index (χ0n) is 8.09. The molecule has 78 valence electrons. The molecule has 14 heavy (non-hydrogen) atoms. The molecular formula is C8H15N5S. The lowest BCUT2D eigenvalue weighted by Gasteiger charge is -2.20. The van der Waals surface area contributed by atoms with Crippen molar-refractivity contribution in [3.8, 4) is 0 Å². The fourth-order valence-corrected chi connectivity index (χ4v) is 2.89. The average Bonchev–Trinajstić information content (AvgIpc) is 2.67. The highest BCUT2D eigenvalue weighted by atomic mass is 32.2. The van der Waals surface area contributed by atoms with Gasteiger partial charge in [0.2, 0.25) is 0 Å². The van der Waals surface area contributed by atoms with E-state index in [1.165, 1.54) is 24.3 Å². The summed E-state index contributed by atoms with van der Waals surface area (Å²) in [4.78, 5) is 0. The maximum absolute atomic E-state index is 5.53. The number of tetrazole rings is 1. The van der Waals surface area contributed by atoms with Crippen molar-refractivity contribution in [3.63, 3.8) is 0 Å². The standard InChI is InChI=1S/C8H15N5S/c9-5-8-10-11-12-13(8)6-7-1-3-14-4-2-7/h7H,1-6,9H2. The minimum atomic E-state index is 0.425.